The number of ether oxygens (including phenoxy) is 1. The molecule has 0 bridgehead atoms. The maximum absolute atomic E-state index is 12.7. The molecule has 1 atom stereocenters. The van der Waals surface area contributed by atoms with Crippen LogP contribution in [-0.4, -0.2) is 35.9 Å². The molecule has 2 aromatic carbocycles. The summed E-state index contributed by atoms with van der Waals surface area (Å²) in [5.74, 6) is -0.0376. The van der Waals surface area contributed by atoms with Crippen LogP contribution in [0.4, 0.5) is 5.69 Å². The second-order valence-corrected chi connectivity index (χ2v) is 8.61. The number of rotatable bonds is 7. The van der Waals surface area contributed by atoms with Crippen LogP contribution in [0, 0.1) is 6.92 Å². The van der Waals surface area contributed by atoms with Crippen LogP contribution < -0.4 is 20.7 Å². The lowest BCUT2D eigenvalue weighted by Gasteiger charge is -2.14. The number of para-hydroxylation sites is 2. The molecule has 2 heterocycles. The molecule has 34 heavy (non-hydrogen) atoms. The number of aryl methyl sites for hydroxylation is 1. The van der Waals surface area contributed by atoms with Gasteiger partial charge in [-0.1, -0.05) is 47.5 Å². The van der Waals surface area contributed by atoms with E-state index in [2.05, 4.69) is 20.9 Å². The molecule has 0 aliphatic carbocycles. The van der Waals surface area contributed by atoms with Gasteiger partial charge in [-0.2, -0.15) is 0 Å². The highest BCUT2D eigenvalue weighted by Gasteiger charge is 2.20. The molecule has 1 aromatic heterocycles. The minimum absolute atomic E-state index is 0. The van der Waals surface area contributed by atoms with Gasteiger partial charge in [0.05, 0.1) is 15.7 Å². The largest absolute Gasteiger partial charge is 0.487 e. The molecule has 0 saturated carbocycles. The number of anilines is 1. The lowest BCUT2D eigenvalue weighted by molar-refractivity contribution is 0.0939. The van der Waals surface area contributed by atoms with Gasteiger partial charge in [-0.05, 0) is 49.7 Å². The van der Waals surface area contributed by atoms with Gasteiger partial charge in [-0.15, -0.1) is 12.4 Å². The van der Waals surface area contributed by atoms with E-state index in [1.165, 1.54) is 0 Å². The Hall–Kier alpha value is -2.71. The van der Waals surface area contributed by atoms with Crippen molar-refractivity contribution in [2.75, 3.05) is 18.4 Å². The van der Waals surface area contributed by atoms with E-state index in [-0.39, 0.29) is 41.7 Å². The molecule has 10 heteroatoms. The summed E-state index contributed by atoms with van der Waals surface area (Å²) in [6.07, 6.45) is 0.927. The predicted octanol–water partition coefficient (Wildman–Crippen LogP) is 4.97. The Labute approximate surface area is 214 Å². The minimum atomic E-state index is -0.425. The fourth-order valence-corrected chi connectivity index (χ4v) is 4.04. The van der Waals surface area contributed by atoms with Crippen molar-refractivity contribution in [3.8, 4) is 5.75 Å². The van der Waals surface area contributed by atoms with Gasteiger partial charge in [0.2, 0.25) is 0 Å². The summed E-state index contributed by atoms with van der Waals surface area (Å²) in [4.78, 5) is 28.1. The third-order valence-electron chi connectivity index (χ3n) is 5.40. The normalized spacial score (nSPS) is 14.9. The first-order valence-corrected chi connectivity index (χ1v) is 11.3. The summed E-state index contributed by atoms with van der Waals surface area (Å²) in [6, 6.07) is 14.6. The van der Waals surface area contributed by atoms with Crippen LogP contribution in [0.15, 0.2) is 48.5 Å². The maximum Gasteiger partial charge on any atom is 0.273 e. The van der Waals surface area contributed by atoms with E-state index in [4.69, 9.17) is 27.9 Å². The van der Waals surface area contributed by atoms with E-state index in [1.54, 1.807) is 31.2 Å². The third-order valence-corrected chi connectivity index (χ3v) is 6.34. The summed E-state index contributed by atoms with van der Waals surface area (Å²) in [6.45, 7) is 3.67. The van der Waals surface area contributed by atoms with Crippen molar-refractivity contribution in [2.24, 2.45) is 0 Å². The van der Waals surface area contributed by atoms with E-state index in [0.717, 1.165) is 25.1 Å². The average Bonchev–Trinajstić information content (AvgIpc) is 3.42. The van der Waals surface area contributed by atoms with Crippen LogP contribution in [-0.2, 0) is 6.61 Å². The van der Waals surface area contributed by atoms with Crippen LogP contribution in [0.25, 0.3) is 0 Å². The monoisotopic (exact) mass is 522 g/mol. The van der Waals surface area contributed by atoms with Crippen molar-refractivity contribution in [1.29, 1.82) is 0 Å². The number of H-pyrrole nitrogens is 1. The maximum atomic E-state index is 12.7. The first kappa shape index (κ1) is 25.9. The lowest BCUT2D eigenvalue weighted by atomic mass is 10.1. The van der Waals surface area contributed by atoms with Crippen molar-refractivity contribution in [3.05, 3.63) is 81.1 Å². The van der Waals surface area contributed by atoms with Gasteiger partial charge in [0.1, 0.15) is 18.1 Å². The molecule has 0 radical (unpaired) electrons. The average molecular weight is 524 g/mol. The number of carbonyl (C=O) groups is 2. The fourth-order valence-electron chi connectivity index (χ4n) is 3.62. The first-order valence-electron chi connectivity index (χ1n) is 10.6. The Balaban J connectivity index is 0.00000324. The van der Waals surface area contributed by atoms with Gasteiger partial charge in [-0.3, -0.25) is 9.59 Å². The number of halogens is 3. The van der Waals surface area contributed by atoms with Gasteiger partial charge in [0, 0.05) is 23.8 Å². The summed E-state index contributed by atoms with van der Waals surface area (Å²) in [5.41, 5.74) is 2.71. The van der Waals surface area contributed by atoms with Crippen LogP contribution in [0.2, 0.25) is 10.0 Å². The summed E-state index contributed by atoms with van der Waals surface area (Å²) < 4.78 is 5.96. The van der Waals surface area contributed by atoms with E-state index >= 15 is 0 Å². The topological polar surface area (TPSA) is 95.2 Å². The molecular formula is C24H25Cl3N4O3. The second-order valence-electron chi connectivity index (χ2n) is 7.86. The molecule has 180 valence electrons. The Bertz CT molecular complexity index is 1180. The summed E-state index contributed by atoms with van der Waals surface area (Å²) in [5, 5.41) is 9.57. The molecule has 7 nitrogen and oxygen atoms in total. The summed E-state index contributed by atoms with van der Waals surface area (Å²) in [7, 11) is 0. The SMILES string of the molecule is Cc1[nH]c(C(=O)Nc2ccccc2OCc2cccc(C(=O)NC3CCNC3)c2)c(Cl)c1Cl.Cl. The molecule has 3 aromatic rings. The number of carbonyl (C=O) groups excluding carboxylic acids is 2. The highest BCUT2D eigenvalue weighted by atomic mass is 35.5. The number of hydrogen-bond acceptors (Lipinski definition) is 4. The van der Waals surface area contributed by atoms with Crippen LogP contribution >= 0.6 is 35.6 Å². The Morgan fingerprint density at radius 1 is 1.09 bits per heavy atom. The van der Waals surface area contributed by atoms with Crippen LogP contribution in [0.1, 0.15) is 38.5 Å². The van der Waals surface area contributed by atoms with Gasteiger partial charge >= 0.3 is 0 Å². The molecule has 4 rings (SSSR count). The minimum Gasteiger partial charge on any atom is -0.487 e. The van der Waals surface area contributed by atoms with E-state index < -0.39 is 5.91 Å². The molecule has 0 spiro atoms. The third kappa shape index (κ3) is 6.04. The number of aromatic amines is 1. The highest BCUT2D eigenvalue weighted by Crippen LogP contribution is 2.31. The quantitative estimate of drug-likeness (QED) is 0.351. The van der Waals surface area contributed by atoms with Crippen molar-refractivity contribution < 1.29 is 14.3 Å². The number of hydrogen-bond donors (Lipinski definition) is 4. The Kier molecular flexibility index (Phi) is 8.85. The molecule has 1 aliphatic heterocycles. The van der Waals surface area contributed by atoms with Crippen LogP contribution in [0.3, 0.4) is 0 Å². The van der Waals surface area contributed by atoms with Crippen molar-refractivity contribution in [2.45, 2.75) is 26.0 Å². The van der Waals surface area contributed by atoms with E-state index in [1.807, 2.05) is 24.3 Å². The highest BCUT2D eigenvalue weighted by molar-refractivity contribution is 6.44. The first-order chi connectivity index (χ1) is 15.9. The van der Waals surface area contributed by atoms with E-state index in [9.17, 15) is 9.59 Å². The van der Waals surface area contributed by atoms with Gasteiger partial charge in [0.15, 0.2) is 0 Å². The Morgan fingerprint density at radius 2 is 1.88 bits per heavy atom. The van der Waals surface area contributed by atoms with Gasteiger partial charge in [0.25, 0.3) is 11.8 Å². The molecule has 2 amide bonds. The fraction of sp³-hybridized carbons (Fsp3) is 0.250. The number of aromatic nitrogens is 1. The molecule has 1 aliphatic rings. The number of amides is 2. The van der Waals surface area contributed by atoms with Crippen molar-refractivity contribution >= 4 is 53.1 Å². The van der Waals surface area contributed by atoms with Gasteiger partial charge in [-0.25, -0.2) is 0 Å². The Morgan fingerprint density at radius 3 is 2.59 bits per heavy atom. The molecule has 1 saturated heterocycles. The zero-order valence-electron chi connectivity index (χ0n) is 18.4. The molecule has 1 fully saturated rings. The molecule has 1 unspecified atom stereocenters. The number of benzene rings is 2. The van der Waals surface area contributed by atoms with Crippen molar-refractivity contribution in [1.82, 2.24) is 15.6 Å². The smallest absolute Gasteiger partial charge is 0.273 e. The van der Waals surface area contributed by atoms with Crippen molar-refractivity contribution in [3.63, 3.8) is 0 Å². The second kappa shape index (κ2) is 11.6. The molecule has 4 N–H and O–H groups in total. The van der Waals surface area contributed by atoms with E-state index in [0.29, 0.717) is 27.7 Å². The molecular weight excluding hydrogens is 499 g/mol. The lowest BCUT2D eigenvalue weighted by Crippen LogP contribution is -2.36. The zero-order chi connectivity index (χ0) is 23.4. The predicted molar refractivity (Wildman–Crippen MR) is 137 cm³/mol. The number of nitrogens with one attached hydrogen (secondary N) is 4. The van der Waals surface area contributed by atoms with Gasteiger partial charge < -0.3 is 25.7 Å². The zero-order valence-corrected chi connectivity index (χ0v) is 20.7. The van der Waals surface area contributed by atoms with Crippen LogP contribution in [0.5, 0.6) is 5.75 Å². The standard InChI is InChI=1S/C24H24Cl2N4O3.ClH/c1-14-20(25)21(26)22(28-14)24(32)30-18-7-2-3-8-19(18)33-13-15-5-4-6-16(11-15)23(31)29-17-9-10-27-12-17;/h2-8,11,17,27-28H,9-10,12-13H2,1H3,(H,29,31)(H,30,32);1H. The summed E-state index contributed by atoms with van der Waals surface area (Å²) >= 11 is 12.2.